The molecule has 2 aromatic heterocycles. The summed E-state index contributed by atoms with van der Waals surface area (Å²) in [7, 11) is 0. The minimum atomic E-state index is -0.0761. The lowest BCUT2D eigenvalue weighted by Gasteiger charge is -2.35. The van der Waals surface area contributed by atoms with E-state index in [-0.39, 0.29) is 5.91 Å². The normalized spacial score (nSPS) is 14.1. The Morgan fingerprint density at radius 2 is 1.70 bits per heavy atom. The largest absolute Gasteiger partial charge is 0.438 e. The van der Waals surface area contributed by atoms with Crippen molar-refractivity contribution in [1.82, 2.24) is 19.9 Å². The number of pyridine rings is 1. The first-order valence-electron chi connectivity index (χ1n) is 8.79. The van der Waals surface area contributed by atoms with Crippen LogP contribution in [-0.2, 0) is 0 Å². The molecule has 1 amide bonds. The second-order valence-electron chi connectivity index (χ2n) is 6.11. The standard InChI is InChI=1S/C20H19N5O2/c26-20(25-13-11-24(12-14-25)18-15-21-9-10-22-18)17-7-4-8-23-19(17)27-16-5-2-1-3-6-16/h1-10,15H,11-14H2. The first-order valence-corrected chi connectivity index (χ1v) is 8.79. The van der Waals surface area contributed by atoms with Crippen LogP contribution in [0, 0.1) is 0 Å². The maximum atomic E-state index is 13.0. The van der Waals surface area contributed by atoms with Gasteiger partial charge in [0.15, 0.2) is 0 Å². The summed E-state index contributed by atoms with van der Waals surface area (Å²) < 4.78 is 5.82. The Bertz CT molecular complexity index is 897. The number of carbonyl (C=O) groups excluding carboxylic acids is 1. The molecule has 7 heteroatoms. The summed E-state index contributed by atoms with van der Waals surface area (Å²) in [5.41, 5.74) is 0.467. The van der Waals surface area contributed by atoms with Gasteiger partial charge in [-0.05, 0) is 24.3 Å². The van der Waals surface area contributed by atoms with Crippen LogP contribution in [0.1, 0.15) is 10.4 Å². The van der Waals surface area contributed by atoms with E-state index in [2.05, 4.69) is 19.9 Å². The zero-order chi connectivity index (χ0) is 18.5. The quantitative estimate of drug-likeness (QED) is 0.711. The summed E-state index contributed by atoms with van der Waals surface area (Å²) in [6, 6.07) is 12.8. The van der Waals surface area contributed by atoms with Crippen LogP contribution in [0.5, 0.6) is 11.6 Å². The number of rotatable bonds is 4. The summed E-state index contributed by atoms with van der Waals surface area (Å²) in [5.74, 6) is 1.73. The van der Waals surface area contributed by atoms with Gasteiger partial charge in [-0.1, -0.05) is 18.2 Å². The predicted molar refractivity (Wildman–Crippen MR) is 101 cm³/mol. The minimum absolute atomic E-state index is 0.0761. The molecule has 1 aliphatic rings. The number of piperazine rings is 1. The first-order chi connectivity index (χ1) is 13.3. The van der Waals surface area contributed by atoms with E-state index in [0.29, 0.717) is 43.4 Å². The van der Waals surface area contributed by atoms with Gasteiger partial charge in [0.1, 0.15) is 17.1 Å². The average Bonchev–Trinajstić information content (AvgIpc) is 2.75. The molecule has 27 heavy (non-hydrogen) atoms. The highest BCUT2D eigenvalue weighted by molar-refractivity contribution is 5.96. The van der Waals surface area contributed by atoms with Crippen molar-refractivity contribution in [3.63, 3.8) is 0 Å². The van der Waals surface area contributed by atoms with E-state index in [0.717, 1.165) is 5.82 Å². The summed E-state index contributed by atoms with van der Waals surface area (Å²) in [6.45, 7) is 2.63. The Hall–Kier alpha value is -3.48. The van der Waals surface area contributed by atoms with E-state index in [1.54, 1.807) is 36.9 Å². The van der Waals surface area contributed by atoms with E-state index in [1.807, 2.05) is 35.2 Å². The van der Waals surface area contributed by atoms with Crippen LogP contribution in [0.25, 0.3) is 0 Å². The molecule has 136 valence electrons. The molecule has 0 radical (unpaired) electrons. The molecule has 1 saturated heterocycles. The fourth-order valence-electron chi connectivity index (χ4n) is 3.00. The van der Waals surface area contributed by atoms with Crippen LogP contribution < -0.4 is 9.64 Å². The molecule has 1 aromatic carbocycles. The van der Waals surface area contributed by atoms with Crippen molar-refractivity contribution in [2.24, 2.45) is 0 Å². The molecule has 0 atom stereocenters. The van der Waals surface area contributed by atoms with Crippen molar-refractivity contribution in [3.8, 4) is 11.6 Å². The highest BCUT2D eigenvalue weighted by Gasteiger charge is 2.25. The Kier molecular flexibility index (Phi) is 4.91. The molecule has 3 heterocycles. The van der Waals surface area contributed by atoms with Gasteiger partial charge in [-0.25, -0.2) is 9.97 Å². The van der Waals surface area contributed by atoms with Gasteiger partial charge in [0, 0.05) is 44.8 Å². The molecular formula is C20H19N5O2. The number of nitrogens with zero attached hydrogens (tertiary/aromatic N) is 5. The molecule has 0 aliphatic carbocycles. The van der Waals surface area contributed by atoms with Crippen molar-refractivity contribution >= 4 is 11.7 Å². The number of amides is 1. The third-order valence-corrected chi connectivity index (χ3v) is 4.40. The number of para-hydroxylation sites is 1. The Balaban J connectivity index is 1.46. The average molecular weight is 361 g/mol. The van der Waals surface area contributed by atoms with Gasteiger partial charge in [-0.2, -0.15) is 0 Å². The molecule has 0 spiro atoms. The van der Waals surface area contributed by atoms with Crippen LogP contribution in [-0.4, -0.2) is 51.9 Å². The second-order valence-corrected chi connectivity index (χ2v) is 6.11. The number of carbonyl (C=O) groups is 1. The summed E-state index contributed by atoms with van der Waals surface area (Å²) >= 11 is 0. The number of anilines is 1. The Labute approximate surface area is 157 Å². The SMILES string of the molecule is O=C(c1cccnc1Oc1ccccc1)N1CCN(c2cnccn2)CC1. The van der Waals surface area contributed by atoms with Crippen LogP contribution in [0.2, 0.25) is 0 Å². The summed E-state index contributed by atoms with van der Waals surface area (Å²) in [4.78, 5) is 29.6. The third-order valence-electron chi connectivity index (χ3n) is 4.40. The van der Waals surface area contributed by atoms with Crippen molar-refractivity contribution in [1.29, 1.82) is 0 Å². The molecule has 0 bridgehead atoms. The maximum absolute atomic E-state index is 13.0. The molecule has 0 N–H and O–H groups in total. The minimum Gasteiger partial charge on any atom is -0.438 e. The molecular weight excluding hydrogens is 342 g/mol. The van der Waals surface area contributed by atoms with Crippen molar-refractivity contribution in [2.45, 2.75) is 0 Å². The highest BCUT2D eigenvalue weighted by Crippen LogP contribution is 2.24. The van der Waals surface area contributed by atoms with Crippen molar-refractivity contribution in [3.05, 3.63) is 72.8 Å². The highest BCUT2D eigenvalue weighted by atomic mass is 16.5. The molecule has 0 saturated carbocycles. The van der Waals surface area contributed by atoms with Crippen LogP contribution >= 0.6 is 0 Å². The molecule has 0 unspecified atom stereocenters. The van der Waals surface area contributed by atoms with Gasteiger partial charge >= 0.3 is 0 Å². The zero-order valence-electron chi connectivity index (χ0n) is 14.7. The topological polar surface area (TPSA) is 71.5 Å². The lowest BCUT2D eigenvalue weighted by atomic mass is 10.2. The van der Waals surface area contributed by atoms with E-state index in [9.17, 15) is 4.79 Å². The smallest absolute Gasteiger partial charge is 0.259 e. The van der Waals surface area contributed by atoms with Crippen molar-refractivity contribution < 1.29 is 9.53 Å². The lowest BCUT2D eigenvalue weighted by Crippen LogP contribution is -2.49. The van der Waals surface area contributed by atoms with E-state index in [1.165, 1.54) is 0 Å². The lowest BCUT2D eigenvalue weighted by molar-refractivity contribution is 0.0743. The van der Waals surface area contributed by atoms with Gasteiger partial charge in [0.25, 0.3) is 5.91 Å². The number of ether oxygens (including phenoxy) is 1. The fraction of sp³-hybridized carbons (Fsp3) is 0.200. The number of hydrogen-bond acceptors (Lipinski definition) is 6. The van der Waals surface area contributed by atoms with E-state index >= 15 is 0 Å². The molecule has 1 fully saturated rings. The first kappa shape index (κ1) is 17.0. The molecule has 4 rings (SSSR count). The van der Waals surface area contributed by atoms with Gasteiger partial charge in [0.05, 0.1) is 6.20 Å². The van der Waals surface area contributed by atoms with Gasteiger partial charge < -0.3 is 14.5 Å². The number of benzene rings is 1. The third kappa shape index (κ3) is 3.87. The molecule has 1 aliphatic heterocycles. The number of hydrogen-bond donors (Lipinski definition) is 0. The Morgan fingerprint density at radius 1 is 0.889 bits per heavy atom. The zero-order valence-corrected chi connectivity index (χ0v) is 14.7. The Morgan fingerprint density at radius 3 is 2.44 bits per heavy atom. The van der Waals surface area contributed by atoms with Gasteiger partial charge in [-0.3, -0.25) is 9.78 Å². The second kappa shape index (κ2) is 7.82. The van der Waals surface area contributed by atoms with E-state index < -0.39 is 0 Å². The number of aromatic nitrogens is 3. The van der Waals surface area contributed by atoms with Crippen LogP contribution in [0.3, 0.4) is 0 Å². The predicted octanol–water partition coefficient (Wildman–Crippen LogP) is 2.63. The van der Waals surface area contributed by atoms with Gasteiger partial charge in [0.2, 0.25) is 5.88 Å². The van der Waals surface area contributed by atoms with Crippen molar-refractivity contribution in [2.75, 3.05) is 31.1 Å². The maximum Gasteiger partial charge on any atom is 0.259 e. The fourth-order valence-corrected chi connectivity index (χ4v) is 3.00. The van der Waals surface area contributed by atoms with Crippen LogP contribution in [0.15, 0.2) is 67.3 Å². The summed E-state index contributed by atoms with van der Waals surface area (Å²) in [5, 5.41) is 0. The molecule has 3 aromatic rings. The van der Waals surface area contributed by atoms with Crippen LogP contribution in [0.4, 0.5) is 5.82 Å². The monoisotopic (exact) mass is 361 g/mol. The summed E-state index contributed by atoms with van der Waals surface area (Å²) in [6.07, 6.45) is 6.70. The van der Waals surface area contributed by atoms with Gasteiger partial charge in [-0.15, -0.1) is 0 Å². The van der Waals surface area contributed by atoms with E-state index in [4.69, 9.17) is 4.74 Å². The molecule has 7 nitrogen and oxygen atoms in total.